The van der Waals surface area contributed by atoms with Crippen LogP contribution in [0.1, 0.15) is 46.8 Å². The molecular formula is C19H22N2O2S. The van der Waals surface area contributed by atoms with Gasteiger partial charge in [0.2, 0.25) is 0 Å². The van der Waals surface area contributed by atoms with Crippen molar-refractivity contribution in [2.75, 3.05) is 5.32 Å². The van der Waals surface area contributed by atoms with Crippen LogP contribution in [0.5, 0.6) is 5.75 Å². The largest absolute Gasteiger partial charge is 0.506 e. The van der Waals surface area contributed by atoms with Crippen molar-refractivity contribution in [3.05, 3.63) is 58.7 Å². The Morgan fingerprint density at radius 3 is 2.29 bits per heavy atom. The number of rotatable bonds is 3. The van der Waals surface area contributed by atoms with Crippen LogP contribution in [-0.4, -0.2) is 16.1 Å². The highest BCUT2D eigenvalue weighted by Crippen LogP contribution is 2.27. The van der Waals surface area contributed by atoms with Crippen molar-refractivity contribution < 1.29 is 9.90 Å². The molecule has 2 aromatic rings. The van der Waals surface area contributed by atoms with E-state index < -0.39 is 0 Å². The smallest absolute Gasteiger partial charge is 0.257 e. The number of thiocarbonyl (C=S) groups is 1. The predicted molar refractivity (Wildman–Crippen MR) is 102 cm³/mol. The van der Waals surface area contributed by atoms with Crippen molar-refractivity contribution in [1.82, 2.24) is 5.32 Å². The molecule has 0 unspecified atom stereocenters. The zero-order chi connectivity index (χ0) is 17.9. The molecule has 0 atom stereocenters. The molecule has 2 aromatic carbocycles. The Labute approximate surface area is 147 Å². The molecule has 0 saturated heterocycles. The van der Waals surface area contributed by atoms with Crippen LogP contribution in [0, 0.1) is 13.8 Å². The van der Waals surface area contributed by atoms with Crippen LogP contribution in [0.2, 0.25) is 0 Å². The van der Waals surface area contributed by atoms with E-state index in [0.29, 0.717) is 17.2 Å². The molecule has 24 heavy (non-hydrogen) atoms. The van der Waals surface area contributed by atoms with Gasteiger partial charge in [-0.05, 0) is 61.8 Å². The molecule has 3 N–H and O–H groups in total. The Kier molecular flexibility index (Phi) is 5.57. The van der Waals surface area contributed by atoms with Crippen LogP contribution < -0.4 is 10.6 Å². The minimum Gasteiger partial charge on any atom is -0.506 e. The number of hydrogen-bond acceptors (Lipinski definition) is 3. The number of hydrogen-bond donors (Lipinski definition) is 3. The van der Waals surface area contributed by atoms with Gasteiger partial charge in [0.05, 0.1) is 5.69 Å². The SMILES string of the molecule is Cc1cc(C)cc(C(=O)NC(=S)Nc2cc(C(C)C)ccc2O)c1. The summed E-state index contributed by atoms with van der Waals surface area (Å²) in [6.45, 7) is 8.01. The molecule has 0 spiro atoms. The van der Waals surface area contributed by atoms with Crippen LogP contribution in [0.4, 0.5) is 5.69 Å². The first-order valence-electron chi connectivity index (χ1n) is 7.80. The van der Waals surface area contributed by atoms with Gasteiger partial charge in [-0.1, -0.05) is 37.1 Å². The van der Waals surface area contributed by atoms with Gasteiger partial charge in [0.1, 0.15) is 5.75 Å². The zero-order valence-electron chi connectivity index (χ0n) is 14.3. The monoisotopic (exact) mass is 342 g/mol. The first-order valence-corrected chi connectivity index (χ1v) is 8.20. The van der Waals surface area contributed by atoms with Gasteiger partial charge in [-0.15, -0.1) is 0 Å². The van der Waals surface area contributed by atoms with E-state index in [-0.39, 0.29) is 16.8 Å². The summed E-state index contributed by atoms with van der Waals surface area (Å²) in [6, 6.07) is 10.9. The normalized spacial score (nSPS) is 10.5. The summed E-state index contributed by atoms with van der Waals surface area (Å²) in [5.74, 6) is 0.130. The Bertz CT molecular complexity index is 765. The maximum absolute atomic E-state index is 12.3. The summed E-state index contributed by atoms with van der Waals surface area (Å²) in [5.41, 5.74) is 4.13. The maximum atomic E-state index is 12.3. The molecule has 5 heteroatoms. The molecule has 0 bridgehead atoms. The highest BCUT2D eigenvalue weighted by molar-refractivity contribution is 7.80. The van der Waals surface area contributed by atoms with Crippen molar-refractivity contribution in [1.29, 1.82) is 0 Å². The number of anilines is 1. The highest BCUT2D eigenvalue weighted by atomic mass is 32.1. The number of carbonyl (C=O) groups excluding carboxylic acids is 1. The molecule has 1 amide bonds. The first kappa shape index (κ1) is 17.9. The van der Waals surface area contributed by atoms with E-state index in [1.54, 1.807) is 6.07 Å². The summed E-state index contributed by atoms with van der Waals surface area (Å²) in [6.07, 6.45) is 0. The number of phenolic OH excluding ortho intramolecular Hbond substituents is 1. The highest BCUT2D eigenvalue weighted by Gasteiger charge is 2.11. The quantitative estimate of drug-likeness (QED) is 0.576. The van der Waals surface area contributed by atoms with Crippen LogP contribution in [0.3, 0.4) is 0 Å². The number of carbonyl (C=O) groups is 1. The van der Waals surface area contributed by atoms with Gasteiger partial charge in [0.15, 0.2) is 5.11 Å². The fourth-order valence-electron chi connectivity index (χ4n) is 2.45. The number of benzene rings is 2. The average molecular weight is 342 g/mol. The molecule has 0 radical (unpaired) electrons. The third kappa shape index (κ3) is 4.55. The summed E-state index contributed by atoms with van der Waals surface area (Å²) in [7, 11) is 0. The topological polar surface area (TPSA) is 61.4 Å². The van der Waals surface area contributed by atoms with Crippen molar-refractivity contribution in [3.63, 3.8) is 0 Å². The molecule has 0 aliphatic rings. The number of amides is 1. The van der Waals surface area contributed by atoms with Gasteiger partial charge >= 0.3 is 0 Å². The Morgan fingerprint density at radius 1 is 1.08 bits per heavy atom. The number of nitrogens with one attached hydrogen (secondary N) is 2. The summed E-state index contributed by atoms with van der Waals surface area (Å²) in [5, 5.41) is 15.6. The number of aromatic hydroxyl groups is 1. The van der Waals surface area contributed by atoms with Gasteiger partial charge in [-0.3, -0.25) is 10.1 Å². The standard InChI is InChI=1S/C19H22N2O2S/c1-11(2)14-5-6-17(22)16(10-14)20-19(24)21-18(23)15-8-12(3)7-13(4)9-15/h5-11,22H,1-4H3,(H2,20,21,23,24). The van der Waals surface area contributed by atoms with Gasteiger partial charge < -0.3 is 10.4 Å². The second-order valence-electron chi connectivity index (χ2n) is 6.22. The molecule has 0 aliphatic heterocycles. The Hall–Kier alpha value is -2.40. The van der Waals surface area contributed by atoms with Crippen molar-refractivity contribution in [3.8, 4) is 5.75 Å². The molecule has 2 rings (SSSR count). The Morgan fingerprint density at radius 2 is 1.71 bits per heavy atom. The van der Waals surface area contributed by atoms with Crippen LogP contribution in [0.25, 0.3) is 0 Å². The molecule has 0 aromatic heterocycles. The molecule has 0 saturated carbocycles. The molecule has 0 heterocycles. The van der Waals surface area contributed by atoms with E-state index in [2.05, 4.69) is 24.5 Å². The minimum absolute atomic E-state index is 0.0856. The molecule has 126 valence electrons. The maximum Gasteiger partial charge on any atom is 0.257 e. The van der Waals surface area contributed by atoms with Crippen molar-refractivity contribution >= 4 is 28.9 Å². The summed E-state index contributed by atoms with van der Waals surface area (Å²) in [4.78, 5) is 12.3. The first-order chi connectivity index (χ1) is 11.3. The van der Waals surface area contributed by atoms with Gasteiger partial charge in [-0.2, -0.15) is 0 Å². The van der Waals surface area contributed by atoms with Crippen LogP contribution in [0.15, 0.2) is 36.4 Å². The van der Waals surface area contributed by atoms with E-state index >= 15 is 0 Å². The van der Waals surface area contributed by atoms with Gasteiger partial charge in [0.25, 0.3) is 5.91 Å². The van der Waals surface area contributed by atoms with Crippen LogP contribution in [-0.2, 0) is 0 Å². The molecular weight excluding hydrogens is 320 g/mol. The molecule has 0 fully saturated rings. The fourth-order valence-corrected chi connectivity index (χ4v) is 2.65. The lowest BCUT2D eigenvalue weighted by molar-refractivity contribution is 0.0977. The average Bonchev–Trinajstić information content (AvgIpc) is 2.48. The van der Waals surface area contributed by atoms with E-state index in [1.807, 2.05) is 44.2 Å². The lowest BCUT2D eigenvalue weighted by Gasteiger charge is -2.14. The van der Waals surface area contributed by atoms with E-state index in [1.165, 1.54) is 0 Å². The fraction of sp³-hybridized carbons (Fsp3) is 0.263. The van der Waals surface area contributed by atoms with E-state index in [0.717, 1.165) is 16.7 Å². The minimum atomic E-state index is -0.279. The number of phenols is 1. The number of aryl methyl sites for hydroxylation is 2. The third-order valence-electron chi connectivity index (χ3n) is 3.65. The third-order valence-corrected chi connectivity index (χ3v) is 3.85. The lowest BCUT2D eigenvalue weighted by atomic mass is 10.0. The zero-order valence-corrected chi connectivity index (χ0v) is 15.1. The Balaban J connectivity index is 2.10. The second-order valence-corrected chi connectivity index (χ2v) is 6.62. The van der Waals surface area contributed by atoms with E-state index in [4.69, 9.17) is 12.2 Å². The van der Waals surface area contributed by atoms with Gasteiger partial charge in [0, 0.05) is 5.56 Å². The predicted octanol–water partition coefficient (Wildman–Crippen LogP) is 4.26. The summed E-state index contributed by atoms with van der Waals surface area (Å²) < 4.78 is 0. The molecule has 4 nitrogen and oxygen atoms in total. The van der Waals surface area contributed by atoms with E-state index in [9.17, 15) is 9.90 Å². The van der Waals surface area contributed by atoms with Crippen molar-refractivity contribution in [2.24, 2.45) is 0 Å². The van der Waals surface area contributed by atoms with Crippen molar-refractivity contribution in [2.45, 2.75) is 33.6 Å². The molecule has 0 aliphatic carbocycles. The lowest BCUT2D eigenvalue weighted by Crippen LogP contribution is -2.34. The van der Waals surface area contributed by atoms with Crippen LogP contribution >= 0.6 is 12.2 Å². The summed E-state index contributed by atoms with van der Waals surface area (Å²) >= 11 is 5.19. The van der Waals surface area contributed by atoms with Gasteiger partial charge in [-0.25, -0.2) is 0 Å². The second kappa shape index (κ2) is 7.45.